The van der Waals surface area contributed by atoms with Crippen LogP contribution < -0.4 is 0 Å². The van der Waals surface area contributed by atoms with Crippen LogP contribution in [0.1, 0.15) is 5.56 Å². The van der Waals surface area contributed by atoms with Crippen molar-refractivity contribution < 1.29 is 45.0 Å². The highest BCUT2D eigenvalue weighted by atomic mass is 16.4. The zero-order chi connectivity index (χ0) is 17.1. The van der Waals surface area contributed by atoms with Gasteiger partial charge in [0.25, 0.3) is 5.60 Å². The van der Waals surface area contributed by atoms with E-state index in [0.29, 0.717) is 6.08 Å². The molecule has 0 saturated heterocycles. The Hall–Kier alpha value is -2.91. The van der Waals surface area contributed by atoms with Gasteiger partial charge in [0.15, 0.2) is 17.6 Å². The lowest BCUT2D eigenvalue weighted by Gasteiger charge is -2.22. The van der Waals surface area contributed by atoms with Crippen molar-refractivity contribution >= 4 is 23.8 Å². The second-order valence-corrected chi connectivity index (χ2v) is 4.26. The Labute approximate surface area is 123 Å². The van der Waals surface area contributed by atoms with E-state index in [4.69, 9.17) is 15.3 Å². The molecule has 0 aromatic heterocycles. The fourth-order valence-electron chi connectivity index (χ4n) is 1.48. The first-order chi connectivity index (χ1) is 10.1. The van der Waals surface area contributed by atoms with Crippen LogP contribution in [0.4, 0.5) is 0 Å². The lowest BCUT2D eigenvalue weighted by molar-refractivity contribution is -0.184. The van der Waals surface area contributed by atoms with Crippen molar-refractivity contribution in [1.29, 1.82) is 0 Å². The van der Waals surface area contributed by atoms with Crippen molar-refractivity contribution in [2.45, 2.75) is 11.7 Å². The molecule has 0 bridgehead atoms. The first-order valence-electron chi connectivity index (χ1n) is 5.71. The molecule has 118 valence electrons. The van der Waals surface area contributed by atoms with Crippen LogP contribution in [0.15, 0.2) is 24.3 Å². The smallest absolute Gasteiger partial charge is 0.347 e. The number of rotatable bonds is 6. The monoisotopic (exact) mass is 312 g/mol. The van der Waals surface area contributed by atoms with E-state index in [1.54, 1.807) is 0 Å². The van der Waals surface area contributed by atoms with Crippen LogP contribution in [-0.4, -0.2) is 60.1 Å². The van der Waals surface area contributed by atoms with E-state index in [1.165, 1.54) is 6.07 Å². The number of hydrogen-bond donors (Lipinski definition) is 6. The molecule has 1 aromatic carbocycles. The second kappa shape index (κ2) is 6.24. The predicted molar refractivity (Wildman–Crippen MR) is 70.0 cm³/mol. The van der Waals surface area contributed by atoms with Gasteiger partial charge in [-0.15, -0.1) is 0 Å². The van der Waals surface area contributed by atoms with Gasteiger partial charge in [0.1, 0.15) is 0 Å². The summed E-state index contributed by atoms with van der Waals surface area (Å²) in [6.07, 6.45) is -1.37. The molecule has 9 heteroatoms. The Kier molecular flexibility index (Phi) is 4.87. The zero-order valence-electron chi connectivity index (χ0n) is 10.9. The Morgan fingerprint density at radius 1 is 1.09 bits per heavy atom. The van der Waals surface area contributed by atoms with E-state index in [-0.39, 0.29) is 5.56 Å². The fourth-order valence-corrected chi connectivity index (χ4v) is 1.48. The van der Waals surface area contributed by atoms with Crippen LogP contribution in [0.5, 0.6) is 11.5 Å². The number of carbonyl (C=O) groups excluding carboxylic acids is 1. The average Bonchev–Trinajstić information content (AvgIpc) is 2.45. The largest absolute Gasteiger partial charge is 0.504 e. The third kappa shape index (κ3) is 3.22. The van der Waals surface area contributed by atoms with Crippen molar-refractivity contribution in [3.8, 4) is 11.5 Å². The maximum absolute atomic E-state index is 11.7. The van der Waals surface area contributed by atoms with E-state index >= 15 is 0 Å². The number of aliphatic carboxylic acids is 2. The van der Waals surface area contributed by atoms with Gasteiger partial charge in [-0.05, 0) is 23.8 Å². The van der Waals surface area contributed by atoms with Gasteiger partial charge in [-0.1, -0.05) is 12.1 Å². The molecule has 0 aliphatic heterocycles. The van der Waals surface area contributed by atoms with Gasteiger partial charge in [-0.25, -0.2) is 9.59 Å². The molecule has 6 N–H and O–H groups in total. The summed E-state index contributed by atoms with van der Waals surface area (Å²) in [5.41, 5.74) is -3.40. The topological polar surface area (TPSA) is 173 Å². The minimum absolute atomic E-state index is 0.154. The molecule has 22 heavy (non-hydrogen) atoms. The molecule has 0 fully saturated rings. The van der Waals surface area contributed by atoms with Gasteiger partial charge in [0.2, 0.25) is 5.78 Å². The normalized spacial score (nSPS) is 15.2. The molecule has 0 radical (unpaired) electrons. The van der Waals surface area contributed by atoms with Gasteiger partial charge in [0.05, 0.1) is 0 Å². The molecule has 0 amide bonds. The van der Waals surface area contributed by atoms with Crippen molar-refractivity contribution in [2.75, 3.05) is 0 Å². The SMILES string of the molecule is O=C(O)[C@H](O)[C@@](O)(C(=O)O)C(=O)/C=C/c1ccc(O)c(O)c1. The van der Waals surface area contributed by atoms with Crippen molar-refractivity contribution in [3.05, 3.63) is 29.8 Å². The van der Waals surface area contributed by atoms with Gasteiger partial charge >= 0.3 is 11.9 Å². The number of benzene rings is 1. The number of carboxylic acid groups (broad SMARTS) is 2. The van der Waals surface area contributed by atoms with Crippen LogP contribution in [0.2, 0.25) is 0 Å². The Balaban J connectivity index is 3.11. The number of ketones is 1. The van der Waals surface area contributed by atoms with Crippen molar-refractivity contribution in [3.63, 3.8) is 0 Å². The highest BCUT2D eigenvalue weighted by Crippen LogP contribution is 2.25. The third-order valence-electron chi connectivity index (χ3n) is 2.76. The lowest BCUT2D eigenvalue weighted by Crippen LogP contribution is -2.58. The number of phenolic OH excluding ortho intramolecular Hbond substituents is 2. The maximum Gasteiger partial charge on any atom is 0.347 e. The molecule has 0 heterocycles. The summed E-state index contributed by atoms with van der Waals surface area (Å²) < 4.78 is 0. The maximum atomic E-state index is 11.7. The summed E-state index contributed by atoms with van der Waals surface area (Å²) in [5.74, 6) is -6.83. The summed E-state index contributed by atoms with van der Waals surface area (Å²) in [4.78, 5) is 33.2. The molecular weight excluding hydrogens is 300 g/mol. The number of phenols is 2. The van der Waals surface area contributed by atoms with Crippen molar-refractivity contribution in [1.82, 2.24) is 0 Å². The Bertz CT molecular complexity index is 649. The molecule has 0 spiro atoms. The summed E-state index contributed by atoms with van der Waals surface area (Å²) >= 11 is 0. The lowest BCUT2D eigenvalue weighted by atomic mass is 9.91. The third-order valence-corrected chi connectivity index (χ3v) is 2.76. The van der Waals surface area contributed by atoms with E-state index in [2.05, 4.69) is 0 Å². The quantitative estimate of drug-likeness (QED) is 0.217. The highest BCUT2D eigenvalue weighted by Gasteiger charge is 2.53. The van der Waals surface area contributed by atoms with Crippen LogP contribution in [0.3, 0.4) is 0 Å². The van der Waals surface area contributed by atoms with Gasteiger partial charge in [-0.3, -0.25) is 4.79 Å². The minimum Gasteiger partial charge on any atom is -0.504 e. The molecule has 2 atom stereocenters. The number of aliphatic hydroxyl groups is 2. The first-order valence-corrected chi connectivity index (χ1v) is 5.71. The average molecular weight is 312 g/mol. The van der Waals surface area contributed by atoms with Crippen LogP contribution in [0, 0.1) is 0 Å². The second-order valence-electron chi connectivity index (χ2n) is 4.26. The van der Waals surface area contributed by atoms with Crippen molar-refractivity contribution in [2.24, 2.45) is 0 Å². The number of carboxylic acids is 2. The van der Waals surface area contributed by atoms with Crippen LogP contribution >= 0.6 is 0 Å². The van der Waals surface area contributed by atoms with Crippen LogP contribution in [-0.2, 0) is 14.4 Å². The standard InChI is InChI=1S/C13H12O9/c14-7-3-1-6(5-8(7)15)2-4-9(16)13(22,12(20)21)10(17)11(18)19/h1-5,10,14-15,17,22H,(H,18,19)(H,20,21)/b4-2+/t10-,13+/m0/s1. The summed E-state index contributed by atoms with van der Waals surface area (Å²) in [6.45, 7) is 0. The van der Waals surface area contributed by atoms with E-state index in [0.717, 1.165) is 18.2 Å². The molecule has 1 aromatic rings. The Morgan fingerprint density at radius 3 is 2.14 bits per heavy atom. The molecule has 9 nitrogen and oxygen atoms in total. The molecule has 0 aliphatic carbocycles. The summed E-state index contributed by atoms with van der Waals surface area (Å²) in [5, 5.41) is 54.6. The van der Waals surface area contributed by atoms with E-state index < -0.39 is 40.9 Å². The van der Waals surface area contributed by atoms with E-state index in [1.807, 2.05) is 0 Å². The molecule has 0 unspecified atom stereocenters. The Morgan fingerprint density at radius 2 is 1.68 bits per heavy atom. The van der Waals surface area contributed by atoms with E-state index in [9.17, 15) is 29.7 Å². The molecule has 1 rings (SSSR count). The molecule has 0 saturated carbocycles. The zero-order valence-corrected chi connectivity index (χ0v) is 10.9. The number of aromatic hydroxyl groups is 2. The summed E-state index contributed by atoms with van der Waals surface area (Å²) in [7, 11) is 0. The first kappa shape index (κ1) is 17.1. The molecule has 0 aliphatic rings. The highest BCUT2D eigenvalue weighted by molar-refractivity contribution is 6.16. The van der Waals surface area contributed by atoms with Gasteiger partial charge < -0.3 is 30.6 Å². The number of aliphatic hydroxyl groups excluding tert-OH is 1. The van der Waals surface area contributed by atoms with Gasteiger partial charge in [-0.2, -0.15) is 0 Å². The summed E-state index contributed by atoms with van der Waals surface area (Å²) in [6, 6.07) is 3.38. The number of carbonyl (C=O) groups is 3. The van der Waals surface area contributed by atoms with Gasteiger partial charge in [0, 0.05) is 0 Å². The predicted octanol–water partition coefficient (Wildman–Crippen LogP) is -1.06. The van der Waals surface area contributed by atoms with Crippen LogP contribution in [0.25, 0.3) is 6.08 Å². The number of hydrogen-bond acceptors (Lipinski definition) is 7. The fraction of sp³-hybridized carbons (Fsp3) is 0.154. The molecular formula is C13H12O9. The minimum atomic E-state index is -3.55.